The number of halogens is 1. The number of aromatic hydroxyl groups is 1. The summed E-state index contributed by atoms with van der Waals surface area (Å²) in [6, 6.07) is 14.2. The second-order valence-electron chi connectivity index (χ2n) is 4.01. The number of rotatable bonds is 4. The molecule has 2 aromatic rings. The Kier molecular flexibility index (Phi) is 4.28. The van der Waals surface area contributed by atoms with Crippen LogP contribution < -0.4 is 0 Å². The largest absolute Gasteiger partial charge is 0.508 e. The van der Waals surface area contributed by atoms with E-state index in [4.69, 9.17) is 11.6 Å². The fourth-order valence-corrected chi connectivity index (χ4v) is 2.39. The molecule has 18 heavy (non-hydrogen) atoms. The maximum absolute atomic E-state index is 11.2. The van der Waals surface area contributed by atoms with Crippen molar-refractivity contribution in [1.29, 1.82) is 0 Å². The van der Waals surface area contributed by atoms with Crippen LogP contribution in [0, 0.1) is 0 Å². The van der Waals surface area contributed by atoms with Crippen LogP contribution in [0.15, 0.2) is 48.5 Å². The Morgan fingerprint density at radius 3 is 2.22 bits per heavy atom. The summed E-state index contributed by atoms with van der Waals surface area (Å²) in [5.74, 6) is 0.208. The van der Waals surface area contributed by atoms with Gasteiger partial charge in [0, 0.05) is 21.2 Å². The molecule has 0 aliphatic rings. The minimum Gasteiger partial charge on any atom is -0.508 e. The molecule has 0 aliphatic heterocycles. The van der Waals surface area contributed by atoms with Crippen LogP contribution in [-0.4, -0.2) is 5.11 Å². The van der Waals surface area contributed by atoms with Crippen molar-refractivity contribution in [1.82, 2.24) is 0 Å². The molecule has 1 N–H and O–H groups in total. The third kappa shape index (κ3) is 3.28. The summed E-state index contributed by atoms with van der Waals surface area (Å²) in [6.45, 7) is 0. The zero-order chi connectivity index (χ0) is 13.0. The van der Waals surface area contributed by atoms with E-state index in [0.717, 1.165) is 11.1 Å². The standard InChI is InChI=1S/C14H11ClO2S/c15-12-5-1-10(2-6-12)9-14(18-17)11-3-7-13(16)8-4-11/h1-8,14H,9H2/p+1. The van der Waals surface area contributed by atoms with Gasteiger partial charge in [-0.15, -0.1) is 0 Å². The lowest BCUT2D eigenvalue weighted by molar-refractivity contribution is 0.475. The molecule has 0 aromatic heterocycles. The van der Waals surface area contributed by atoms with E-state index >= 15 is 0 Å². The topological polar surface area (TPSA) is 37.3 Å². The SMILES string of the molecule is O=[S+]C(Cc1ccc(Cl)cc1)c1ccc(O)cc1. The van der Waals surface area contributed by atoms with E-state index in [2.05, 4.69) is 0 Å². The second-order valence-corrected chi connectivity index (χ2v) is 5.20. The highest BCUT2D eigenvalue weighted by atomic mass is 35.5. The van der Waals surface area contributed by atoms with E-state index in [1.165, 1.54) is 0 Å². The maximum Gasteiger partial charge on any atom is 0.467 e. The smallest absolute Gasteiger partial charge is 0.467 e. The number of phenolic OH excluding ortho intramolecular Hbond substituents is 1. The van der Waals surface area contributed by atoms with E-state index < -0.39 is 0 Å². The Balaban J connectivity index is 2.16. The van der Waals surface area contributed by atoms with Crippen LogP contribution in [0.3, 0.4) is 0 Å². The molecule has 0 aliphatic carbocycles. The van der Waals surface area contributed by atoms with Gasteiger partial charge >= 0.3 is 11.7 Å². The van der Waals surface area contributed by atoms with Gasteiger partial charge in [-0.2, -0.15) is 0 Å². The third-order valence-electron chi connectivity index (χ3n) is 2.72. The van der Waals surface area contributed by atoms with Gasteiger partial charge in [0.05, 0.1) is 0 Å². The number of phenols is 1. The van der Waals surface area contributed by atoms with Gasteiger partial charge in [0.1, 0.15) is 5.75 Å². The molecular weight excluding hydrogens is 268 g/mol. The van der Waals surface area contributed by atoms with E-state index in [0.29, 0.717) is 23.1 Å². The Morgan fingerprint density at radius 1 is 1.06 bits per heavy atom. The molecule has 2 aromatic carbocycles. The molecule has 0 amide bonds. The molecule has 2 rings (SSSR count). The molecule has 0 heterocycles. The van der Waals surface area contributed by atoms with E-state index in [1.54, 1.807) is 24.3 Å². The molecule has 0 saturated carbocycles. The van der Waals surface area contributed by atoms with Gasteiger partial charge in [-0.1, -0.05) is 23.7 Å². The van der Waals surface area contributed by atoms with Crippen molar-refractivity contribution >= 4 is 23.3 Å². The van der Waals surface area contributed by atoms with Crippen molar-refractivity contribution in [2.75, 3.05) is 0 Å². The summed E-state index contributed by atoms with van der Waals surface area (Å²) in [6.07, 6.45) is 0.649. The highest BCUT2D eigenvalue weighted by molar-refractivity contribution is 7.65. The van der Waals surface area contributed by atoms with Gasteiger partial charge in [0.15, 0.2) is 0 Å². The second kappa shape index (κ2) is 5.94. The molecule has 1 atom stereocenters. The van der Waals surface area contributed by atoms with Gasteiger partial charge in [-0.05, 0) is 42.0 Å². The van der Waals surface area contributed by atoms with Crippen molar-refractivity contribution in [3.63, 3.8) is 0 Å². The van der Waals surface area contributed by atoms with Crippen LogP contribution in [0.5, 0.6) is 5.75 Å². The predicted octanol–water partition coefficient (Wildman–Crippen LogP) is 3.76. The first kappa shape index (κ1) is 13.0. The molecule has 0 radical (unpaired) electrons. The van der Waals surface area contributed by atoms with Gasteiger partial charge < -0.3 is 5.11 Å². The summed E-state index contributed by atoms with van der Waals surface area (Å²) in [5.41, 5.74) is 1.99. The summed E-state index contributed by atoms with van der Waals surface area (Å²) in [5, 5.41) is 9.76. The quantitative estimate of drug-likeness (QED) is 0.866. The molecule has 0 fully saturated rings. The molecule has 0 spiro atoms. The summed E-state index contributed by atoms with van der Waals surface area (Å²) in [7, 11) is 0. The summed E-state index contributed by atoms with van der Waals surface area (Å²) < 4.78 is 11.2. The molecule has 0 bridgehead atoms. The minimum atomic E-state index is -0.160. The first-order valence-corrected chi connectivity index (χ1v) is 6.69. The lowest BCUT2D eigenvalue weighted by Gasteiger charge is -2.03. The van der Waals surface area contributed by atoms with Crippen LogP contribution >= 0.6 is 11.6 Å². The molecule has 92 valence electrons. The normalized spacial score (nSPS) is 12.1. The molecule has 1 unspecified atom stereocenters. The zero-order valence-corrected chi connectivity index (χ0v) is 11.1. The number of hydrogen-bond acceptors (Lipinski definition) is 2. The van der Waals surface area contributed by atoms with Crippen LogP contribution in [-0.2, 0) is 22.3 Å². The van der Waals surface area contributed by atoms with Crippen LogP contribution in [0.4, 0.5) is 0 Å². The number of benzene rings is 2. The molecule has 0 saturated heterocycles. The highest BCUT2D eigenvalue weighted by Crippen LogP contribution is 2.23. The fraction of sp³-hybridized carbons (Fsp3) is 0.143. The van der Waals surface area contributed by atoms with Crippen molar-refractivity contribution < 1.29 is 9.32 Å². The Hall–Kier alpha value is -1.45. The Labute approximate surface area is 115 Å². The molecular formula is C14H12ClO2S+. The van der Waals surface area contributed by atoms with Gasteiger partial charge in [0.25, 0.3) is 5.25 Å². The Morgan fingerprint density at radius 2 is 1.67 bits per heavy atom. The van der Waals surface area contributed by atoms with E-state index in [-0.39, 0.29) is 11.0 Å². The molecule has 4 heteroatoms. The predicted molar refractivity (Wildman–Crippen MR) is 74.1 cm³/mol. The average Bonchev–Trinajstić information content (AvgIpc) is 2.39. The van der Waals surface area contributed by atoms with Gasteiger partial charge in [-0.3, -0.25) is 0 Å². The van der Waals surface area contributed by atoms with Crippen LogP contribution in [0.25, 0.3) is 0 Å². The van der Waals surface area contributed by atoms with Crippen molar-refractivity contribution in [2.24, 2.45) is 0 Å². The minimum absolute atomic E-state index is 0.160. The maximum atomic E-state index is 11.2. The monoisotopic (exact) mass is 279 g/mol. The van der Waals surface area contributed by atoms with Gasteiger partial charge in [0.2, 0.25) is 0 Å². The van der Waals surface area contributed by atoms with Crippen molar-refractivity contribution in [2.45, 2.75) is 11.7 Å². The molecule has 2 nitrogen and oxygen atoms in total. The average molecular weight is 280 g/mol. The first-order chi connectivity index (χ1) is 8.69. The van der Waals surface area contributed by atoms with Crippen LogP contribution in [0.1, 0.15) is 16.4 Å². The fourth-order valence-electron chi connectivity index (χ4n) is 1.73. The van der Waals surface area contributed by atoms with E-state index in [1.807, 2.05) is 24.3 Å². The lowest BCUT2D eigenvalue weighted by Crippen LogP contribution is -2.01. The van der Waals surface area contributed by atoms with Gasteiger partial charge in [-0.25, -0.2) is 0 Å². The summed E-state index contributed by atoms with van der Waals surface area (Å²) in [4.78, 5) is 0. The van der Waals surface area contributed by atoms with Crippen molar-refractivity contribution in [3.05, 3.63) is 64.7 Å². The van der Waals surface area contributed by atoms with E-state index in [9.17, 15) is 9.32 Å². The first-order valence-electron chi connectivity index (χ1n) is 5.51. The van der Waals surface area contributed by atoms with Crippen molar-refractivity contribution in [3.8, 4) is 5.75 Å². The lowest BCUT2D eigenvalue weighted by atomic mass is 10.0. The third-order valence-corrected chi connectivity index (χ3v) is 3.64. The summed E-state index contributed by atoms with van der Waals surface area (Å²) >= 11 is 6.39. The zero-order valence-electron chi connectivity index (χ0n) is 9.54. The van der Waals surface area contributed by atoms with Crippen LogP contribution in [0.2, 0.25) is 5.02 Å². The highest BCUT2D eigenvalue weighted by Gasteiger charge is 2.24. The Bertz CT molecular complexity index is 522. The number of hydrogen-bond donors (Lipinski definition) is 1.